The molecule has 0 saturated carbocycles. The third kappa shape index (κ3) is 6.80. The lowest BCUT2D eigenvalue weighted by atomic mass is 9.89. The summed E-state index contributed by atoms with van der Waals surface area (Å²) in [5.74, 6) is -128. The van der Waals surface area contributed by atoms with E-state index in [4.69, 9.17) is 0 Å². The molecule has 0 rings (SSSR count). The number of carbonyl (C=O) groups is 2. The Morgan fingerprint density at radius 3 is 0.643 bits per heavy atom. The Balaban J connectivity index is 6.38. The molecule has 0 atom stereocenters. The normalized spacial score (nSPS) is 16.1. The van der Waals surface area contributed by atoms with Crippen molar-refractivity contribution < 1.29 is 150 Å². The molecule has 0 aromatic carbocycles. The van der Waals surface area contributed by atoms with Gasteiger partial charge in [-0.05, 0) is 0 Å². The number of hydrogen-bond acceptors (Lipinski definition) is 2. The molecule has 0 aromatic heterocycles. The molecule has 0 radical (unpaired) electrons. The van der Waals surface area contributed by atoms with Crippen molar-refractivity contribution in [2.45, 2.75) is 95.8 Å². The Labute approximate surface area is 282 Å². The third-order valence-corrected chi connectivity index (χ3v) is 6.60. The van der Waals surface area contributed by atoms with Gasteiger partial charge in [0, 0.05) is 13.1 Å². The Hall–Kier alpha value is -3.30. The second-order valence-corrected chi connectivity index (χ2v) is 10.3. The molecule has 56 heavy (non-hydrogen) atoms. The molecule has 0 fully saturated rings. The second-order valence-electron chi connectivity index (χ2n) is 10.3. The number of nitrogens with one attached hydrogen (secondary N) is 2. The van der Waals surface area contributed by atoms with Crippen LogP contribution in [0.1, 0.15) is 0 Å². The molecule has 4 nitrogen and oxygen atoms in total. The van der Waals surface area contributed by atoms with Crippen LogP contribution in [0.3, 0.4) is 0 Å². The maximum atomic E-state index is 13.8. The van der Waals surface area contributed by atoms with Gasteiger partial charge in [-0.1, -0.05) is 0 Å². The van der Waals surface area contributed by atoms with Crippen molar-refractivity contribution in [2.75, 3.05) is 13.1 Å². The van der Waals surface area contributed by atoms with Crippen molar-refractivity contribution in [2.24, 2.45) is 0 Å². The van der Waals surface area contributed by atoms with E-state index >= 15 is 0 Å². The van der Waals surface area contributed by atoms with E-state index < -0.39 is 121 Å². The number of rotatable bonds is 19. The van der Waals surface area contributed by atoms with Crippen LogP contribution in [0.5, 0.6) is 0 Å². The van der Waals surface area contributed by atoms with Crippen molar-refractivity contribution >= 4 is 11.8 Å². The number of amides is 2. The fourth-order valence-electron chi connectivity index (χ4n) is 3.13. The molecule has 0 saturated heterocycles. The standard InChI is InChI=1S/C20H8F32N2O2/c21-3(22)7(25,26)11(33,34)15(41,42)19(49,50)17(45,46)13(37,38)9(29,30)5(55)53-1-2-54-6(56)10(31,32)14(39,40)18(47,48)20(51,52)16(43,44)12(35,36)8(27,28)4(23)24/h3-4H,1-2H2,(H,53,55)(H,54,56). The van der Waals surface area contributed by atoms with E-state index in [1.807, 2.05) is 0 Å². The highest BCUT2D eigenvalue weighted by Crippen LogP contribution is 2.64. The summed E-state index contributed by atoms with van der Waals surface area (Å²) in [4.78, 5) is 22.5. The first-order chi connectivity index (χ1) is 23.9. The second kappa shape index (κ2) is 14.2. The van der Waals surface area contributed by atoms with Crippen LogP contribution >= 0.6 is 0 Å². The summed E-state index contributed by atoms with van der Waals surface area (Å²) in [6.07, 6.45) is -12.4. The lowest BCUT2D eigenvalue weighted by Gasteiger charge is -2.42. The molecule has 0 bridgehead atoms. The highest BCUT2D eigenvalue weighted by Gasteiger charge is 2.96. The molecular formula is C20H8F32N2O2. The molecule has 0 spiro atoms. The monoisotopic (exact) mass is 916 g/mol. The van der Waals surface area contributed by atoms with E-state index in [-0.39, 0.29) is 10.6 Å². The maximum absolute atomic E-state index is 13.8. The van der Waals surface area contributed by atoms with Gasteiger partial charge in [0.25, 0.3) is 11.8 Å². The molecular weight excluding hydrogens is 908 g/mol. The van der Waals surface area contributed by atoms with Crippen LogP contribution < -0.4 is 10.6 Å². The van der Waals surface area contributed by atoms with Gasteiger partial charge < -0.3 is 10.6 Å². The van der Waals surface area contributed by atoms with Crippen LogP contribution in [0.15, 0.2) is 0 Å². The lowest BCUT2D eigenvalue weighted by molar-refractivity contribution is -0.443. The van der Waals surface area contributed by atoms with Gasteiger partial charge in [-0.25, -0.2) is 17.6 Å². The zero-order valence-corrected chi connectivity index (χ0v) is 24.5. The summed E-state index contributed by atoms with van der Waals surface area (Å²) >= 11 is 0. The van der Waals surface area contributed by atoms with Crippen LogP contribution in [-0.2, 0) is 9.59 Å². The van der Waals surface area contributed by atoms with E-state index in [1.54, 1.807) is 0 Å². The molecule has 2 amide bonds. The van der Waals surface area contributed by atoms with Crippen molar-refractivity contribution in [1.29, 1.82) is 0 Å². The molecule has 334 valence electrons. The quantitative estimate of drug-likeness (QED) is 0.101. The highest BCUT2D eigenvalue weighted by molar-refractivity contribution is 5.86. The average Bonchev–Trinajstić information content (AvgIpc) is 3.01. The van der Waals surface area contributed by atoms with Gasteiger partial charge in [0.1, 0.15) is 0 Å². The Morgan fingerprint density at radius 2 is 0.464 bits per heavy atom. The first-order valence-corrected chi connectivity index (χ1v) is 12.4. The number of carbonyl (C=O) groups excluding carboxylic acids is 2. The van der Waals surface area contributed by atoms with E-state index in [2.05, 4.69) is 0 Å². The molecule has 0 aromatic rings. The van der Waals surface area contributed by atoms with Crippen LogP contribution in [0.2, 0.25) is 0 Å². The van der Waals surface area contributed by atoms with E-state index in [0.717, 1.165) is 0 Å². The molecule has 0 heterocycles. The minimum Gasteiger partial charge on any atom is -0.349 e. The molecule has 0 aliphatic rings. The van der Waals surface area contributed by atoms with Crippen molar-refractivity contribution in [3.05, 3.63) is 0 Å². The zero-order valence-electron chi connectivity index (χ0n) is 24.5. The van der Waals surface area contributed by atoms with E-state index in [0.29, 0.717) is 0 Å². The summed E-state index contributed by atoms with van der Waals surface area (Å²) < 4.78 is 425. The molecule has 0 unspecified atom stereocenters. The van der Waals surface area contributed by atoms with Crippen molar-refractivity contribution in [3.63, 3.8) is 0 Å². The van der Waals surface area contributed by atoms with Gasteiger partial charge >= 0.3 is 95.8 Å². The van der Waals surface area contributed by atoms with Gasteiger partial charge in [-0.15, -0.1) is 0 Å². The SMILES string of the molecule is O=C(NCCNC(=O)C(F)(F)C(F)(F)C(F)(F)C(F)(F)C(F)(F)C(F)(F)C(F)(F)C(F)F)C(F)(F)C(F)(F)C(F)(F)C(F)(F)C(F)(F)C(F)(F)C(F)(F)C(F)F. The maximum Gasteiger partial charge on any atom is 0.392 e. The van der Waals surface area contributed by atoms with Crippen LogP contribution in [0.4, 0.5) is 140 Å². The predicted octanol–water partition coefficient (Wildman–Crippen LogP) is 8.64. The van der Waals surface area contributed by atoms with Crippen molar-refractivity contribution in [1.82, 2.24) is 10.6 Å². The van der Waals surface area contributed by atoms with Crippen LogP contribution in [0, 0.1) is 0 Å². The minimum absolute atomic E-state index is 0.112. The van der Waals surface area contributed by atoms with Gasteiger partial charge in [-0.3, -0.25) is 9.59 Å². The van der Waals surface area contributed by atoms with Gasteiger partial charge in [0.15, 0.2) is 0 Å². The predicted molar refractivity (Wildman–Crippen MR) is 107 cm³/mol. The van der Waals surface area contributed by atoms with Crippen LogP contribution in [0.25, 0.3) is 0 Å². The van der Waals surface area contributed by atoms with Crippen LogP contribution in [-0.4, -0.2) is 121 Å². The topological polar surface area (TPSA) is 58.2 Å². The highest BCUT2D eigenvalue weighted by atomic mass is 19.4. The fourth-order valence-corrected chi connectivity index (χ4v) is 3.13. The largest absolute Gasteiger partial charge is 0.392 e. The summed E-state index contributed by atoms with van der Waals surface area (Å²) in [6.45, 7) is -5.21. The Morgan fingerprint density at radius 1 is 0.304 bits per heavy atom. The van der Waals surface area contributed by atoms with E-state index in [9.17, 15) is 150 Å². The first kappa shape index (κ1) is 52.7. The summed E-state index contributed by atoms with van der Waals surface area (Å²) in [5.41, 5.74) is 0. The Bertz CT molecular complexity index is 1330. The first-order valence-electron chi connectivity index (χ1n) is 12.4. The average molecular weight is 916 g/mol. The third-order valence-electron chi connectivity index (χ3n) is 6.60. The summed E-state index contributed by atoms with van der Waals surface area (Å²) in [6, 6.07) is 0. The zero-order chi connectivity index (χ0) is 46.1. The molecule has 36 heteroatoms. The number of alkyl halides is 32. The van der Waals surface area contributed by atoms with Crippen molar-refractivity contribution in [3.8, 4) is 0 Å². The van der Waals surface area contributed by atoms with Gasteiger partial charge in [0.2, 0.25) is 0 Å². The number of halogens is 32. The molecule has 0 aliphatic heterocycles. The molecule has 2 N–H and O–H groups in total. The molecule has 0 aliphatic carbocycles. The van der Waals surface area contributed by atoms with Gasteiger partial charge in [-0.2, -0.15) is 123 Å². The fraction of sp³-hybridized carbons (Fsp3) is 0.900. The number of hydrogen-bond donors (Lipinski definition) is 2. The summed E-state index contributed by atoms with van der Waals surface area (Å²) in [5, 5.41) is -0.223. The summed E-state index contributed by atoms with van der Waals surface area (Å²) in [7, 11) is 0. The van der Waals surface area contributed by atoms with Gasteiger partial charge in [0.05, 0.1) is 0 Å². The lowest BCUT2D eigenvalue weighted by Crippen LogP contribution is -2.75. The van der Waals surface area contributed by atoms with E-state index in [1.165, 1.54) is 0 Å². The Kier molecular flexibility index (Phi) is 13.4. The minimum atomic E-state index is -9.04. The smallest absolute Gasteiger partial charge is 0.349 e.